The number of aromatic nitrogens is 3. The topological polar surface area (TPSA) is 70.2 Å². The number of para-hydroxylation sites is 1. The SMILES string of the molecule is COCCn1c(Sc2cc(=O)oc3ccccc23)nnc1-c1ccc(Cl)cc1. The Morgan fingerprint density at radius 2 is 1.93 bits per heavy atom. The molecule has 0 aliphatic carbocycles. The first kappa shape index (κ1) is 18.7. The van der Waals surface area contributed by atoms with Crippen molar-refractivity contribution in [3.8, 4) is 11.4 Å². The first-order valence-corrected chi connectivity index (χ1v) is 9.74. The van der Waals surface area contributed by atoms with Crippen molar-refractivity contribution >= 4 is 34.3 Å². The predicted molar refractivity (Wildman–Crippen MR) is 109 cm³/mol. The predicted octanol–water partition coefficient (Wildman–Crippen LogP) is 4.50. The Balaban J connectivity index is 1.78. The van der Waals surface area contributed by atoms with Crippen molar-refractivity contribution in [3.63, 3.8) is 0 Å². The summed E-state index contributed by atoms with van der Waals surface area (Å²) in [5.41, 5.74) is 1.04. The van der Waals surface area contributed by atoms with E-state index in [-0.39, 0.29) is 0 Å². The molecule has 4 rings (SSSR count). The maximum atomic E-state index is 12.0. The van der Waals surface area contributed by atoms with E-state index in [1.807, 2.05) is 47.0 Å². The average Bonchev–Trinajstić information content (AvgIpc) is 3.09. The van der Waals surface area contributed by atoms with Crippen LogP contribution in [0.2, 0.25) is 5.02 Å². The zero-order chi connectivity index (χ0) is 19.5. The lowest BCUT2D eigenvalue weighted by atomic mass is 10.2. The summed E-state index contributed by atoms with van der Waals surface area (Å²) < 4.78 is 12.5. The minimum atomic E-state index is -0.401. The van der Waals surface area contributed by atoms with Gasteiger partial charge in [-0.25, -0.2) is 4.79 Å². The van der Waals surface area contributed by atoms with Crippen LogP contribution in [0.5, 0.6) is 0 Å². The monoisotopic (exact) mass is 413 g/mol. The first-order chi connectivity index (χ1) is 13.7. The van der Waals surface area contributed by atoms with Crippen LogP contribution in [0.1, 0.15) is 0 Å². The third-order valence-corrected chi connectivity index (χ3v) is 5.45. The number of benzene rings is 2. The highest BCUT2D eigenvalue weighted by atomic mass is 35.5. The van der Waals surface area contributed by atoms with E-state index in [9.17, 15) is 4.79 Å². The number of methoxy groups -OCH3 is 1. The van der Waals surface area contributed by atoms with Crippen molar-refractivity contribution in [2.75, 3.05) is 13.7 Å². The van der Waals surface area contributed by atoms with Crippen LogP contribution >= 0.6 is 23.4 Å². The summed E-state index contributed by atoms with van der Waals surface area (Å²) in [6.07, 6.45) is 0. The molecule has 2 aromatic heterocycles. The highest BCUT2D eigenvalue weighted by Crippen LogP contribution is 2.33. The van der Waals surface area contributed by atoms with E-state index < -0.39 is 5.63 Å². The Kier molecular flexibility index (Phi) is 5.47. The van der Waals surface area contributed by atoms with Crippen molar-refractivity contribution in [1.29, 1.82) is 0 Å². The molecular weight excluding hydrogens is 398 g/mol. The Hall–Kier alpha value is -2.61. The summed E-state index contributed by atoms with van der Waals surface area (Å²) in [6, 6.07) is 16.3. The van der Waals surface area contributed by atoms with Gasteiger partial charge in [0.2, 0.25) is 0 Å². The van der Waals surface area contributed by atoms with Gasteiger partial charge in [0.1, 0.15) is 5.58 Å². The molecule has 2 aromatic carbocycles. The van der Waals surface area contributed by atoms with Crippen molar-refractivity contribution in [3.05, 3.63) is 70.0 Å². The zero-order valence-corrected chi connectivity index (χ0v) is 16.5. The van der Waals surface area contributed by atoms with E-state index in [1.165, 1.54) is 17.8 Å². The van der Waals surface area contributed by atoms with Gasteiger partial charge < -0.3 is 9.15 Å². The molecular formula is C20H16ClN3O3S. The van der Waals surface area contributed by atoms with Gasteiger partial charge in [0.25, 0.3) is 0 Å². The second-order valence-corrected chi connectivity index (χ2v) is 7.43. The van der Waals surface area contributed by atoms with Gasteiger partial charge in [-0.2, -0.15) is 0 Å². The molecule has 28 heavy (non-hydrogen) atoms. The van der Waals surface area contributed by atoms with Crippen molar-refractivity contribution in [2.24, 2.45) is 0 Å². The summed E-state index contributed by atoms with van der Waals surface area (Å²) in [6.45, 7) is 1.08. The van der Waals surface area contributed by atoms with Crippen LogP contribution in [0, 0.1) is 0 Å². The number of rotatable bonds is 6. The number of ether oxygens (including phenoxy) is 1. The molecule has 0 aliphatic rings. The maximum absolute atomic E-state index is 12.0. The molecule has 0 atom stereocenters. The number of hydrogen-bond donors (Lipinski definition) is 0. The van der Waals surface area contributed by atoms with Gasteiger partial charge in [0.05, 0.1) is 13.2 Å². The van der Waals surface area contributed by atoms with E-state index in [0.717, 1.165) is 15.8 Å². The van der Waals surface area contributed by atoms with Gasteiger partial charge in [-0.15, -0.1) is 10.2 Å². The Morgan fingerprint density at radius 1 is 1.14 bits per heavy atom. The lowest BCUT2D eigenvalue weighted by Crippen LogP contribution is -2.07. The summed E-state index contributed by atoms with van der Waals surface area (Å²) in [5.74, 6) is 0.712. The standard InChI is InChI=1S/C20H16ClN3O3S/c1-26-11-10-24-19(13-6-8-14(21)9-7-13)22-23-20(24)28-17-12-18(25)27-16-5-3-2-4-15(16)17/h2-9,12H,10-11H2,1H3. The molecule has 0 aliphatic heterocycles. The molecule has 6 nitrogen and oxygen atoms in total. The van der Waals surface area contributed by atoms with Crippen LogP contribution in [0.3, 0.4) is 0 Å². The first-order valence-electron chi connectivity index (χ1n) is 8.54. The van der Waals surface area contributed by atoms with E-state index in [0.29, 0.717) is 34.7 Å². The lowest BCUT2D eigenvalue weighted by molar-refractivity contribution is 0.185. The molecule has 0 N–H and O–H groups in total. The molecule has 8 heteroatoms. The number of halogens is 1. The molecule has 0 radical (unpaired) electrons. The molecule has 4 aromatic rings. The molecule has 0 amide bonds. The van der Waals surface area contributed by atoms with Crippen molar-refractivity contribution in [2.45, 2.75) is 16.6 Å². The van der Waals surface area contributed by atoms with Crippen molar-refractivity contribution < 1.29 is 9.15 Å². The fourth-order valence-corrected chi connectivity index (χ4v) is 3.95. The molecule has 2 heterocycles. The number of fused-ring (bicyclic) bond motifs is 1. The summed E-state index contributed by atoms with van der Waals surface area (Å²) >= 11 is 7.37. The highest BCUT2D eigenvalue weighted by molar-refractivity contribution is 7.99. The lowest BCUT2D eigenvalue weighted by Gasteiger charge is -2.10. The van der Waals surface area contributed by atoms with Gasteiger partial charge in [-0.1, -0.05) is 29.8 Å². The van der Waals surface area contributed by atoms with Crippen LogP contribution in [-0.4, -0.2) is 28.5 Å². The molecule has 0 fully saturated rings. The summed E-state index contributed by atoms with van der Waals surface area (Å²) in [5, 5.41) is 10.9. The quantitative estimate of drug-likeness (QED) is 0.433. The van der Waals surface area contributed by atoms with Gasteiger partial charge >= 0.3 is 5.63 Å². The molecule has 0 bridgehead atoms. The smallest absolute Gasteiger partial charge is 0.337 e. The normalized spacial score (nSPS) is 11.2. The molecule has 0 unspecified atom stereocenters. The molecule has 0 spiro atoms. The third-order valence-electron chi connectivity index (χ3n) is 4.15. The largest absolute Gasteiger partial charge is 0.423 e. The molecule has 0 saturated heterocycles. The fourth-order valence-electron chi connectivity index (χ4n) is 2.83. The number of hydrogen-bond acceptors (Lipinski definition) is 6. The minimum absolute atomic E-state index is 0.401. The Labute approximate surface area is 170 Å². The second kappa shape index (κ2) is 8.18. The van der Waals surface area contributed by atoms with E-state index in [1.54, 1.807) is 13.2 Å². The molecule has 142 valence electrons. The van der Waals surface area contributed by atoms with Crippen LogP contribution in [0.15, 0.2) is 73.9 Å². The fraction of sp³-hybridized carbons (Fsp3) is 0.150. The van der Waals surface area contributed by atoms with E-state index in [4.69, 9.17) is 20.8 Å². The summed E-state index contributed by atoms with van der Waals surface area (Å²) in [4.78, 5) is 12.7. The van der Waals surface area contributed by atoms with Crippen LogP contribution in [0.25, 0.3) is 22.4 Å². The van der Waals surface area contributed by atoms with Gasteiger partial charge in [-0.3, -0.25) is 4.57 Å². The Morgan fingerprint density at radius 3 is 2.71 bits per heavy atom. The highest BCUT2D eigenvalue weighted by Gasteiger charge is 2.17. The van der Waals surface area contributed by atoms with Gasteiger partial charge in [0, 0.05) is 34.0 Å². The third kappa shape index (κ3) is 3.82. The van der Waals surface area contributed by atoms with Crippen LogP contribution in [-0.2, 0) is 11.3 Å². The van der Waals surface area contributed by atoms with Gasteiger partial charge in [0.15, 0.2) is 11.0 Å². The minimum Gasteiger partial charge on any atom is -0.423 e. The summed E-state index contributed by atoms with van der Waals surface area (Å²) in [7, 11) is 1.65. The zero-order valence-electron chi connectivity index (χ0n) is 15.0. The van der Waals surface area contributed by atoms with Crippen molar-refractivity contribution in [1.82, 2.24) is 14.8 Å². The van der Waals surface area contributed by atoms with E-state index in [2.05, 4.69) is 10.2 Å². The maximum Gasteiger partial charge on any atom is 0.337 e. The van der Waals surface area contributed by atoms with Gasteiger partial charge in [-0.05, 0) is 42.1 Å². The Bertz CT molecular complexity index is 1170. The van der Waals surface area contributed by atoms with Crippen LogP contribution < -0.4 is 5.63 Å². The van der Waals surface area contributed by atoms with Crippen LogP contribution in [0.4, 0.5) is 0 Å². The average molecular weight is 414 g/mol. The second-order valence-electron chi connectivity index (χ2n) is 5.99. The number of nitrogens with zero attached hydrogens (tertiary/aromatic N) is 3. The molecule has 0 saturated carbocycles. The van der Waals surface area contributed by atoms with E-state index >= 15 is 0 Å².